The molecule has 2 N–H and O–H groups in total. The number of sulfonamides is 1. The Balaban J connectivity index is 1.71. The van der Waals surface area contributed by atoms with Gasteiger partial charge in [0, 0.05) is 47.1 Å². The summed E-state index contributed by atoms with van der Waals surface area (Å²) in [6.07, 6.45) is 3.95. The number of hydrogen-bond acceptors (Lipinski definition) is 7. The maximum Gasteiger partial charge on any atom is 0.266 e. The molecule has 4 rings (SSSR count). The standard InChI is InChI=1S/C17H9ClF3N5O3S2/c18-10-1-9(8-5-23-24-6-8)14(2-11(10)19)29-15-3-13(21)16(4-12(15)20)31(27,28)26-17-22-7-25-30-17/h1-7H,(H,23,24)(H,22,25,26). The van der Waals surface area contributed by atoms with E-state index in [2.05, 4.69) is 19.6 Å². The van der Waals surface area contributed by atoms with Crippen molar-refractivity contribution < 1.29 is 26.3 Å². The zero-order valence-electron chi connectivity index (χ0n) is 14.9. The first kappa shape index (κ1) is 21.1. The molecule has 2 aromatic heterocycles. The molecule has 2 heterocycles. The SMILES string of the molecule is O=S(=O)(Nc1ncns1)c1cc(F)c(Oc2cc(F)c(Cl)cc2-c2cn[nH]c2)cc1F. The molecule has 0 aliphatic rings. The van der Waals surface area contributed by atoms with Crippen LogP contribution < -0.4 is 9.46 Å². The lowest BCUT2D eigenvalue weighted by Crippen LogP contribution is -2.15. The summed E-state index contributed by atoms with van der Waals surface area (Å²) in [6, 6.07) is 3.10. The molecule has 0 spiro atoms. The average molecular weight is 488 g/mol. The third-order valence-electron chi connectivity index (χ3n) is 3.91. The molecule has 14 heteroatoms. The Hall–Kier alpha value is -3.16. The number of ether oxygens (including phenoxy) is 1. The van der Waals surface area contributed by atoms with E-state index in [0.717, 1.165) is 12.4 Å². The van der Waals surface area contributed by atoms with Gasteiger partial charge in [0.25, 0.3) is 10.0 Å². The summed E-state index contributed by atoms with van der Waals surface area (Å²) in [7, 11) is -4.48. The van der Waals surface area contributed by atoms with Crippen molar-refractivity contribution in [1.82, 2.24) is 19.6 Å². The predicted molar refractivity (Wildman–Crippen MR) is 106 cm³/mol. The summed E-state index contributed by atoms with van der Waals surface area (Å²) in [4.78, 5) is 2.66. The van der Waals surface area contributed by atoms with Crippen LogP contribution in [0.4, 0.5) is 18.3 Å². The van der Waals surface area contributed by atoms with Crippen molar-refractivity contribution in [1.29, 1.82) is 0 Å². The van der Waals surface area contributed by atoms with Crippen LogP contribution in [-0.4, -0.2) is 28.0 Å². The van der Waals surface area contributed by atoms with Crippen LogP contribution in [-0.2, 0) is 10.0 Å². The highest BCUT2D eigenvalue weighted by molar-refractivity contribution is 7.93. The van der Waals surface area contributed by atoms with E-state index >= 15 is 0 Å². The highest BCUT2D eigenvalue weighted by Crippen LogP contribution is 2.38. The summed E-state index contributed by atoms with van der Waals surface area (Å²) < 4.78 is 78.8. The molecule has 8 nitrogen and oxygen atoms in total. The second-order valence-electron chi connectivity index (χ2n) is 5.92. The number of aromatic nitrogens is 4. The van der Waals surface area contributed by atoms with Gasteiger partial charge in [0.2, 0.25) is 5.13 Å². The first-order chi connectivity index (χ1) is 14.7. The molecule has 0 saturated carbocycles. The van der Waals surface area contributed by atoms with Crippen LogP contribution in [0.1, 0.15) is 0 Å². The molecule has 0 saturated heterocycles. The molecule has 2 aromatic carbocycles. The van der Waals surface area contributed by atoms with Crippen molar-refractivity contribution in [2.45, 2.75) is 4.90 Å². The number of nitrogens with one attached hydrogen (secondary N) is 2. The number of hydrogen-bond donors (Lipinski definition) is 2. The highest BCUT2D eigenvalue weighted by atomic mass is 35.5. The van der Waals surface area contributed by atoms with E-state index in [4.69, 9.17) is 16.3 Å². The Morgan fingerprint density at radius 3 is 2.52 bits per heavy atom. The van der Waals surface area contributed by atoms with Crippen molar-refractivity contribution in [3.8, 4) is 22.6 Å². The van der Waals surface area contributed by atoms with E-state index in [1.54, 1.807) is 0 Å². The van der Waals surface area contributed by atoms with Crippen LogP contribution in [0, 0.1) is 17.5 Å². The van der Waals surface area contributed by atoms with Crippen molar-refractivity contribution in [2.24, 2.45) is 0 Å². The van der Waals surface area contributed by atoms with E-state index in [1.165, 1.54) is 18.5 Å². The van der Waals surface area contributed by atoms with Crippen molar-refractivity contribution >= 4 is 38.3 Å². The van der Waals surface area contributed by atoms with Crippen molar-refractivity contribution in [3.63, 3.8) is 0 Å². The van der Waals surface area contributed by atoms with Crippen LogP contribution in [0.3, 0.4) is 0 Å². The minimum atomic E-state index is -4.48. The lowest BCUT2D eigenvalue weighted by atomic mass is 10.1. The van der Waals surface area contributed by atoms with Crippen LogP contribution in [0.5, 0.6) is 11.5 Å². The molecule has 0 atom stereocenters. The lowest BCUT2D eigenvalue weighted by molar-refractivity contribution is 0.430. The molecule has 0 bridgehead atoms. The van der Waals surface area contributed by atoms with Gasteiger partial charge in [-0.2, -0.15) is 9.47 Å². The van der Waals surface area contributed by atoms with Gasteiger partial charge in [-0.15, -0.1) is 0 Å². The van der Waals surface area contributed by atoms with Gasteiger partial charge >= 0.3 is 0 Å². The monoisotopic (exact) mass is 487 g/mol. The number of anilines is 1. The molecule has 0 unspecified atom stereocenters. The minimum absolute atomic E-state index is 0.124. The van der Waals surface area contributed by atoms with Crippen molar-refractivity contribution in [3.05, 3.63) is 65.5 Å². The number of rotatable bonds is 6. The van der Waals surface area contributed by atoms with Crippen LogP contribution in [0.25, 0.3) is 11.1 Å². The van der Waals surface area contributed by atoms with E-state index in [1.807, 2.05) is 4.72 Å². The Morgan fingerprint density at radius 2 is 1.84 bits per heavy atom. The van der Waals surface area contributed by atoms with Gasteiger partial charge in [0.15, 0.2) is 11.6 Å². The zero-order valence-corrected chi connectivity index (χ0v) is 17.3. The summed E-state index contributed by atoms with van der Waals surface area (Å²) in [6.45, 7) is 0. The molecule has 4 aromatic rings. The van der Waals surface area contributed by atoms with Crippen molar-refractivity contribution in [2.75, 3.05) is 4.72 Å². The maximum atomic E-state index is 14.6. The topological polar surface area (TPSA) is 110 Å². The van der Waals surface area contributed by atoms with Crippen LogP contribution >= 0.6 is 23.1 Å². The number of halogens is 4. The third-order valence-corrected chi connectivity index (χ3v) is 6.26. The van der Waals surface area contributed by atoms with E-state index in [9.17, 15) is 21.6 Å². The molecule has 0 fully saturated rings. The molecule has 0 aliphatic heterocycles. The Morgan fingerprint density at radius 1 is 1.06 bits per heavy atom. The quantitative estimate of drug-likeness (QED) is 0.411. The fourth-order valence-corrected chi connectivity index (χ4v) is 4.43. The van der Waals surface area contributed by atoms with Gasteiger partial charge in [0.1, 0.15) is 28.6 Å². The molecular weight excluding hydrogens is 479 g/mol. The third kappa shape index (κ3) is 4.33. The summed E-state index contributed by atoms with van der Waals surface area (Å²) in [5, 5.41) is 5.98. The van der Waals surface area contributed by atoms with E-state index in [0.29, 0.717) is 29.2 Å². The largest absolute Gasteiger partial charge is 0.453 e. The number of benzene rings is 2. The average Bonchev–Trinajstić information content (AvgIpc) is 3.41. The summed E-state index contributed by atoms with van der Waals surface area (Å²) in [5.41, 5.74) is 0.688. The molecule has 0 aliphatic carbocycles. The molecule has 0 amide bonds. The first-order valence-electron chi connectivity index (χ1n) is 8.19. The first-order valence-corrected chi connectivity index (χ1v) is 10.8. The Bertz CT molecular complexity index is 1350. The number of H-pyrrole nitrogens is 1. The maximum absolute atomic E-state index is 14.6. The lowest BCUT2D eigenvalue weighted by Gasteiger charge is -2.13. The smallest absolute Gasteiger partial charge is 0.266 e. The van der Waals surface area contributed by atoms with Crippen LogP contribution in [0.15, 0.2) is 47.9 Å². The number of nitrogens with zero attached hydrogens (tertiary/aromatic N) is 3. The fourth-order valence-electron chi connectivity index (χ4n) is 2.54. The Labute approximate surface area is 181 Å². The number of aromatic amines is 1. The summed E-state index contributed by atoms with van der Waals surface area (Å²) in [5.74, 6) is -4.21. The highest BCUT2D eigenvalue weighted by Gasteiger charge is 2.24. The fraction of sp³-hybridized carbons (Fsp3) is 0. The zero-order chi connectivity index (χ0) is 22.2. The predicted octanol–water partition coefficient (Wildman–Crippen LogP) is 4.59. The van der Waals surface area contributed by atoms with E-state index < -0.39 is 38.1 Å². The normalized spacial score (nSPS) is 11.5. The second kappa shape index (κ2) is 8.17. The Kier molecular flexibility index (Phi) is 5.56. The summed E-state index contributed by atoms with van der Waals surface area (Å²) >= 11 is 6.53. The van der Waals surface area contributed by atoms with Gasteiger partial charge in [-0.25, -0.2) is 26.6 Å². The van der Waals surface area contributed by atoms with E-state index in [-0.39, 0.29) is 21.5 Å². The van der Waals surface area contributed by atoms with Gasteiger partial charge in [-0.3, -0.25) is 9.82 Å². The minimum Gasteiger partial charge on any atom is -0.453 e. The molecule has 0 radical (unpaired) electrons. The second-order valence-corrected chi connectivity index (χ2v) is 8.75. The van der Waals surface area contributed by atoms with Gasteiger partial charge < -0.3 is 4.74 Å². The van der Waals surface area contributed by atoms with Gasteiger partial charge in [0.05, 0.1) is 11.2 Å². The van der Waals surface area contributed by atoms with Gasteiger partial charge in [-0.1, -0.05) is 11.6 Å². The molecular formula is C17H9ClF3N5O3S2. The van der Waals surface area contributed by atoms with Crippen LogP contribution in [0.2, 0.25) is 5.02 Å². The molecule has 31 heavy (non-hydrogen) atoms. The van der Waals surface area contributed by atoms with Gasteiger partial charge in [-0.05, 0) is 6.07 Å². The molecule has 160 valence electrons.